The zero-order valence-electron chi connectivity index (χ0n) is 35.9. The predicted octanol–water partition coefficient (Wildman–Crippen LogP) is 16.3. The van der Waals surface area contributed by atoms with Crippen LogP contribution in [0.2, 0.25) is 0 Å². The summed E-state index contributed by atoms with van der Waals surface area (Å²) < 4.78 is 7.02. The first-order valence-corrected chi connectivity index (χ1v) is 24.3. The van der Waals surface area contributed by atoms with Crippen molar-refractivity contribution in [3.8, 4) is 55.6 Å². The minimum atomic E-state index is -1.39. The third-order valence-electron chi connectivity index (χ3n) is 14.1. The van der Waals surface area contributed by atoms with Gasteiger partial charge in [0.1, 0.15) is 27.1 Å². The Morgan fingerprint density at radius 1 is 0.273 bits per heavy atom. The summed E-state index contributed by atoms with van der Waals surface area (Å²) in [5.41, 5.74) is 14.2. The molecule has 0 bridgehead atoms. The van der Waals surface area contributed by atoms with Crippen molar-refractivity contribution in [1.29, 1.82) is 0 Å². The molecule has 1 heterocycles. The molecule has 0 aliphatic heterocycles. The summed E-state index contributed by atoms with van der Waals surface area (Å²) in [5, 5.41) is 16.8. The molecule has 306 valence electrons. The molecule has 13 aromatic rings. The van der Waals surface area contributed by atoms with Gasteiger partial charge in [0.05, 0.1) is 7.92 Å². The molecule has 0 spiro atoms. The van der Waals surface area contributed by atoms with E-state index in [9.17, 15) is 0 Å². The van der Waals surface area contributed by atoms with E-state index in [2.05, 4.69) is 237 Å². The molecule has 0 atom stereocenters. The Labute approximate surface area is 383 Å². The van der Waals surface area contributed by atoms with Gasteiger partial charge < -0.3 is 4.42 Å². The van der Waals surface area contributed by atoms with Crippen molar-refractivity contribution >= 4 is 88.9 Å². The van der Waals surface area contributed by atoms with Crippen molar-refractivity contribution in [3.05, 3.63) is 237 Å². The molecule has 12 aromatic carbocycles. The van der Waals surface area contributed by atoms with Crippen LogP contribution in [-0.4, -0.2) is 0 Å². The maximum atomic E-state index is 7.02. The van der Waals surface area contributed by atoms with E-state index in [0.29, 0.717) is 0 Å². The van der Waals surface area contributed by atoms with Crippen molar-refractivity contribution in [2.45, 2.75) is 0 Å². The summed E-state index contributed by atoms with van der Waals surface area (Å²) in [7, 11) is -1.39. The van der Waals surface area contributed by atoms with Gasteiger partial charge in [-0.05, 0) is 130 Å². The van der Waals surface area contributed by atoms with Crippen LogP contribution in [0.25, 0.3) is 121 Å². The molecule has 0 saturated carbocycles. The molecular formula is C64H40OP+. The van der Waals surface area contributed by atoms with E-state index < -0.39 is 7.92 Å². The van der Waals surface area contributed by atoms with Crippen molar-refractivity contribution in [2.24, 2.45) is 0 Å². The van der Waals surface area contributed by atoms with Gasteiger partial charge >= 0.3 is 0 Å². The molecule has 1 nitrogen and oxygen atoms in total. The Hall–Kier alpha value is -8.09. The molecule has 0 saturated heterocycles. The lowest BCUT2D eigenvalue weighted by Gasteiger charge is -2.20. The average molecular weight is 856 g/mol. The maximum absolute atomic E-state index is 7.02. The van der Waals surface area contributed by atoms with Gasteiger partial charge in [-0.15, -0.1) is 0 Å². The van der Waals surface area contributed by atoms with Crippen LogP contribution in [-0.2, 0) is 0 Å². The van der Waals surface area contributed by atoms with Crippen LogP contribution in [0.1, 0.15) is 0 Å². The number of fused-ring (bicyclic) bond motifs is 10. The fourth-order valence-corrected chi connectivity index (χ4v) is 14.2. The lowest BCUT2D eigenvalue weighted by atomic mass is 9.82. The minimum absolute atomic E-state index is 0.902. The molecule has 1 aliphatic rings. The number of benzene rings is 12. The number of hydrogen-bond acceptors (Lipinski definition) is 1. The summed E-state index contributed by atoms with van der Waals surface area (Å²) in [6, 6.07) is 87.5. The topological polar surface area (TPSA) is 13.1 Å². The second kappa shape index (κ2) is 14.7. The van der Waals surface area contributed by atoms with E-state index in [4.69, 9.17) is 4.42 Å². The zero-order valence-corrected chi connectivity index (χ0v) is 36.9. The molecule has 66 heavy (non-hydrogen) atoms. The number of rotatable bonds is 6. The smallest absolute Gasteiger partial charge is 0.136 e. The van der Waals surface area contributed by atoms with Crippen LogP contribution in [0, 0.1) is 0 Å². The average Bonchev–Trinajstić information content (AvgIpc) is 3.92. The van der Waals surface area contributed by atoms with Crippen LogP contribution in [0.4, 0.5) is 0 Å². The largest absolute Gasteiger partial charge is 0.456 e. The highest BCUT2D eigenvalue weighted by atomic mass is 31.1. The Morgan fingerprint density at radius 3 is 1.39 bits per heavy atom. The standard InChI is InChI=1S/C64H39OP/c1-3-18-43(19-4-1)59-49-26-11-12-27-50(49)60(44-20-5-2-6-21-44)64-54-39-56-62(52-28-15-29-53(61(52)54)63(59)64)51-37-34-45(38-55(51)65-56)40-32-35-46(36-33-40)66(57-30-13-22-41-16-7-9-24-47(41)57)58-31-14-23-42-17-8-10-25-48(42)58/h1-39H/p+1. The van der Waals surface area contributed by atoms with Crippen LogP contribution < -0.4 is 15.9 Å². The lowest BCUT2D eigenvalue weighted by Crippen LogP contribution is -2.22. The predicted molar refractivity (Wildman–Crippen MR) is 285 cm³/mol. The molecule has 0 radical (unpaired) electrons. The van der Waals surface area contributed by atoms with Crippen molar-refractivity contribution < 1.29 is 4.42 Å². The minimum Gasteiger partial charge on any atom is -0.456 e. The molecule has 0 amide bonds. The summed E-state index contributed by atoms with van der Waals surface area (Å²) in [4.78, 5) is 0. The van der Waals surface area contributed by atoms with Gasteiger partial charge in [-0.25, -0.2) is 0 Å². The first-order valence-electron chi connectivity index (χ1n) is 22.8. The normalized spacial score (nSPS) is 12.1. The van der Waals surface area contributed by atoms with Gasteiger partial charge in [0.2, 0.25) is 0 Å². The van der Waals surface area contributed by atoms with Crippen molar-refractivity contribution in [3.63, 3.8) is 0 Å². The summed E-state index contributed by atoms with van der Waals surface area (Å²) in [6.07, 6.45) is 0. The Bertz CT molecular complexity index is 4000. The van der Waals surface area contributed by atoms with E-state index in [1.54, 1.807) is 0 Å². The van der Waals surface area contributed by atoms with E-state index in [-0.39, 0.29) is 0 Å². The van der Waals surface area contributed by atoms with Crippen LogP contribution >= 0.6 is 7.92 Å². The van der Waals surface area contributed by atoms with Crippen LogP contribution in [0.3, 0.4) is 0 Å². The molecule has 0 N–H and O–H groups in total. The maximum Gasteiger partial charge on any atom is 0.136 e. The Morgan fingerprint density at radius 2 is 0.773 bits per heavy atom. The molecule has 2 heteroatoms. The quantitative estimate of drug-likeness (QED) is 0.152. The highest BCUT2D eigenvalue weighted by Gasteiger charge is 2.33. The third-order valence-corrected chi connectivity index (χ3v) is 17.0. The van der Waals surface area contributed by atoms with E-state index >= 15 is 0 Å². The molecule has 0 unspecified atom stereocenters. The zero-order chi connectivity index (χ0) is 43.3. The first-order chi connectivity index (χ1) is 32.8. The Kier molecular flexibility index (Phi) is 8.32. The molecule has 1 aliphatic carbocycles. The SMILES string of the molecule is c1ccc(-c2c3c(c(-c4ccccc4)c4ccccc24)-c2cc4oc5cc(-c6ccc([PH+](c7cccc8ccccc78)c7cccc8ccccc78)cc6)ccc5c4c4cccc-3c24)cc1. The monoisotopic (exact) mass is 855 g/mol. The molecule has 1 aromatic heterocycles. The molecular weight excluding hydrogens is 816 g/mol. The van der Waals surface area contributed by atoms with Gasteiger partial charge in [-0.3, -0.25) is 0 Å². The van der Waals surface area contributed by atoms with Crippen molar-refractivity contribution in [2.75, 3.05) is 0 Å². The van der Waals surface area contributed by atoms with Gasteiger partial charge in [0.15, 0.2) is 0 Å². The van der Waals surface area contributed by atoms with E-state index in [1.807, 2.05) is 0 Å². The van der Waals surface area contributed by atoms with Gasteiger partial charge in [-0.2, -0.15) is 0 Å². The fourth-order valence-electron chi connectivity index (χ4n) is 11.3. The highest BCUT2D eigenvalue weighted by Crippen LogP contribution is 2.59. The van der Waals surface area contributed by atoms with Crippen LogP contribution in [0.5, 0.6) is 0 Å². The highest BCUT2D eigenvalue weighted by molar-refractivity contribution is 7.80. The summed E-state index contributed by atoms with van der Waals surface area (Å²) in [6.45, 7) is 0. The van der Waals surface area contributed by atoms with Gasteiger partial charge in [-0.1, -0.05) is 194 Å². The fraction of sp³-hybridized carbons (Fsp3) is 0. The third kappa shape index (κ3) is 5.57. The summed E-state index contributed by atoms with van der Waals surface area (Å²) in [5.74, 6) is 0. The van der Waals surface area contributed by atoms with E-state index in [0.717, 1.165) is 22.1 Å². The summed E-state index contributed by atoms with van der Waals surface area (Å²) >= 11 is 0. The van der Waals surface area contributed by atoms with E-state index in [1.165, 1.54) is 114 Å². The van der Waals surface area contributed by atoms with Gasteiger partial charge in [0.25, 0.3) is 0 Å². The Balaban J connectivity index is 0.935. The van der Waals surface area contributed by atoms with Gasteiger partial charge in [0, 0.05) is 21.5 Å². The number of hydrogen-bond donors (Lipinski definition) is 0. The first kappa shape index (κ1) is 37.3. The van der Waals surface area contributed by atoms with Crippen LogP contribution in [0.15, 0.2) is 241 Å². The van der Waals surface area contributed by atoms with Crippen molar-refractivity contribution in [1.82, 2.24) is 0 Å². The molecule has 14 rings (SSSR count). The second-order valence-electron chi connectivity index (χ2n) is 17.6. The lowest BCUT2D eigenvalue weighted by molar-refractivity contribution is 0.669. The number of furan rings is 1. The second-order valence-corrected chi connectivity index (χ2v) is 20.0. The molecule has 0 fully saturated rings.